The molecule has 3 N–H and O–H groups in total. The minimum absolute atomic E-state index is 0.0285. The average Bonchev–Trinajstić information content (AvgIpc) is 2.97. The van der Waals surface area contributed by atoms with Crippen molar-refractivity contribution in [2.24, 2.45) is 5.92 Å². The summed E-state index contributed by atoms with van der Waals surface area (Å²) in [5, 5.41) is 7.27. The van der Waals surface area contributed by atoms with Gasteiger partial charge in [-0.3, -0.25) is 4.72 Å². The normalized spacial score (nSPS) is 17.5. The third-order valence-electron chi connectivity index (χ3n) is 7.31. The first-order valence-corrected chi connectivity index (χ1v) is 15.6. The molecule has 3 heterocycles. The molecule has 1 fully saturated rings. The summed E-state index contributed by atoms with van der Waals surface area (Å²) in [7, 11) is -4.58. The number of aromatic nitrogens is 3. The van der Waals surface area contributed by atoms with Gasteiger partial charge in [0.15, 0.2) is 5.82 Å². The van der Waals surface area contributed by atoms with Crippen LogP contribution in [0.25, 0.3) is 22.0 Å². The lowest BCUT2D eigenvalue weighted by atomic mass is 9.98. The van der Waals surface area contributed by atoms with Crippen LogP contribution in [0.15, 0.2) is 54.9 Å². The zero-order valence-corrected chi connectivity index (χ0v) is 24.8. The molecule has 2 aromatic heterocycles. The van der Waals surface area contributed by atoms with E-state index in [1.54, 1.807) is 42.6 Å². The molecule has 0 saturated carbocycles. The van der Waals surface area contributed by atoms with Crippen molar-refractivity contribution in [2.75, 3.05) is 28.9 Å². The van der Waals surface area contributed by atoms with Crippen molar-refractivity contribution in [2.45, 2.75) is 45.6 Å². The fraction of sp³-hybridized carbons (Fsp3) is 0.367. The standard InChI is InChI=1S/C30H33F3N6O3S/c1-4-30(32,33)17-43(40,41)39-26-21-8-5-6-9-22(21)27(19(3)25(26)31)42-28-23(10-7-12-35-28)24-11-13-36-29(38-24)37-20-14-18(2)15-34-16-20/h5-13,18,20,34,39H,4,14-17H2,1-3H3,(H,36,37,38)/t18-,20?/m1/s1. The van der Waals surface area contributed by atoms with Gasteiger partial charge in [-0.05, 0) is 44.0 Å². The van der Waals surface area contributed by atoms with Crippen LogP contribution in [0.4, 0.5) is 24.8 Å². The summed E-state index contributed by atoms with van der Waals surface area (Å²) in [4.78, 5) is 13.4. The number of ether oxygens (including phenoxy) is 1. The Hall–Kier alpha value is -3.97. The maximum absolute atomic E-state index is 15.8. The predicted octanol–water partition coefficient (Wildman–Crippen LogP) is 6.13. The topological polar surface area (TPSA) is 118 Å². The number of rotatable bonds is 10. The number of anilines is 2. The number of benzene rings is 2. The second kappa shape index (κ2) is 12.3. The van der Waals surface area contributed by atoms with E-state index in [-0.39, 0.29) is 28.6 Å². The van der Waals surface area contributed by atoms with Gasteiger partial charge < -0.3 is 15.4 Å². The van der Waals surface area contributed by atoms with Crippen molar-refractivity contribution in [3.05, 3.63) is 66.2 Å². The van der Waals surface area contributed by atoms with Crippen LogP contribution in [0.3, 0.4) is 0 Å². The lowest BCUT2D eigenvalue weighted by Gasteiger charge is -2.28. The monoisotopic (exact) mass is 614 g/mol. The number of alkyl halides is 2. The van der Waals surface area contributed by atoms with E-state index in [9.17, 15) is 17.2 Å². The molecule has 2 atom stereocenters. The molecule has 1 aliphatic heterocycles. The molecule has 5 rings (SSSR count). The molecule has 9 nitrogen and oxygen atoms in total. The van der Waals surface area contributed by atoms with E-state index in [2.05, 4.69) is 32.5 Å². The number of pyridine rings is 1. The third kappa shape index (κ3) is 6.99. The number of fused-ring (bicyclic) bond motifs is 1. The van der Waals surface area contributed by atoms with Gasteiger partial charge in [0.1, 0.15) is 11.5 Å². The van der Waals surface area contributed by atoms with Gasteiger partial charge in [-0.1, -0.05) is 38.1 Å². The number of hydrogen-bond donors (Lipinski definition) is 3. The summed E-state index contributed by atoms with van der Waals surface area (Å²) in [6.07, 6.45) is 3.46. The van der Waals surface area contributed by atoms with E-state index in [0.717, 1.165) is 19.5 Å². The molecule has 13 heteroatoms. The summed E-state index contributed by atoms with van der Waals surface area (Å²) in [6, 6.07) is 11.8. The largest absolute Gasteiger partial charge is 0.437 e. The fourth-order valence-electron chi connectivity index (χ4n) is 5.10. The Bertz CT molecular complexity index is 1740. The van der Waals surface area contributed by atoms with Crippen molar-refractivity contribution in [3.8, 4) is 22.9 Å². The molecule has 2 aromatic carbocycles. The zero-order valence-electron chi connectivity index (χ0n) is 24.0. The molecule has 228 valence electrons. The van der Waals surface area contributed by atoms with Crippen LogP contribution >= 0.6 is 0 Å². The number of nitrogens with one attached hydrogen (secondary N) is 3. The number of sulfonamides is 1. The maximum Gasteiger partial charge on any atom is 0.263 e. The Morgan fingerprint density at radius 1 is 1.07 bits per heavy atom. The summed E-state index contributed by atoms with van der Waals surface area (Å²) in [5.74, 6) is -4.67. The highest BCUT2D eigenvalue weighted by Gasteiger charge is 2.34. The van der Waals surface area contributed by atoms with Crippen LogP contribution in [0.2, 0.25) is 0 Å². The second-order valence-corrected chi connectivity index (χ2v) is 12.5. The molecule has 4 aromatic rings. The highest BCUT2D eigenvalue weighted by molar-refractivity contribution is 7.92. The Labute approximate surface area is 248 Å². The molecule has 0 bridgehead atoms. The van der Waals surface area contributed by atoms with Gasteiger partial charge in [0.25, 0.3) is 5.92 Å². The SMILES string of the molecule is CCC(F)(F)CS(=O)(=O)Nc1c(F)c(C)c(Oc2ncccc2-c2ccnc(NC3CNC[C@H](C)C3)n2)c2ccccc12. The van der Waals surface area contributed by atoms with Gasteiger partial charge in [0.2, 0.25) is 21.9 Å². The summed E-state index contributed by atoms with van der Waals surface area (Å²) in [5.41, 5.74) is 0.602. The quantitative estimate of drug-likeness (QED) is 0.195. The van der Waals surface area contributed by atoms with Crippen LogP contribution in [0.1, 0.15) is 32.3 Å². The smallest absolute Gasteiger partial charge is 0.263 e. The first kappa shape index (κ1) is 30.5. The van der Waals surface area contributed by atoms with Crippen molar-refractivity contribution in [3.63, 3.8) is 0 Å². The van der Waals surface area contributed by atoms with E-state index in [1.165, 1.54) is 26.1 Å². The molecular formula is C30H33F3N6O3S. The van der Waals surface area contributed by atoms with Crippen molar-refractivity contribution in [1.29, 1.82) is 0 Å². The van der Waals surface area contributed by atoms with E-state index < -0.39 is 39.6 Å². The Kier molecular flexibility index (Phi) is 8.74. The second-order valence-electron chi connectivity index (χ2n) is 10.8. The van der Waals surface area contributed by atoms with Gasteiger partial charge >= 0.3 is 0 Å². The van der Waals surface area contributed by atoms with Crippen LogP contribution in [0.5, 0.6) is 11.6 Å². The summed E-state index contributed by atoms with van der Waals surface area (Å²) < 4.78 is 77.2. The molecule has 0 radical (unpaired) electrons. The molecule has 0 amide bonds. The van der Waals surface area contributed by atoms with Crippen molar-refractivity contribution < 1.29 is 26.3 Å². The Morgan fingerprint density at radius 2 is 1.84 bits per heavy atom. The molecular weight excluding hydrogens is 581 g/mol. The maximum atomic E-state index is 15.8. The van der Waals surface area contributed by atoms with Crippen LogP contribution in [-0.2, 0) is 10.0 Å². The number of nitrogens with zero attached hydrogens (tertiary/aromatic N) is 3. The number of halogens is 3. The van der Waals surface area contributed by atoms with Gasteiger partial charge in [-0.2, -0.15) is 0 Å². The molecule has 1 aliphatic rings. The van der Waals surface area contributed by atoms with Crippen molar-refractivity contribution in [1.82, 2.24) is 20.3 Å². The molecule has 43 heavy (non-hydrogen) atoms. The lowest BCUT2D eigenvalue weighted by molar-refractivity contribution is 0.0219. The Morgan fingerprint density at radius 3 is 2.58 bits per heavy atom. The molecule has 1 unspecified atom stereocenters. The molecule has 0 spiro atoms. The highest BCUT2D eigenvalue weighted by Crippen LogP contribution is 2.42. The van der Waals surface area contributed by atoms with Crippen LogP contribution in [0, 0.1) is 18.7 Å². The molecule has 0 aliphatic carbocycles. The van der Waals surface area contributed by atoms with Gasteiger partial charge in [-0.25, -0.2) is 36.5 Å². The minimum Gasteiger partial charge on any atom is -0.437 e. The third-order valence-corrected chi connectivity index (χ3v) is 8.63. The Balaban J connectivity index is 1.50. The van der Waals surface area contributed by atoms with Crippen molar-refractivity contribution >= 4 is 32.4 Å². The first-order chi connectivity index (χ1) is 20.5. The number of hydrogen-bond acceptors (Lipinski definition) is 8. The summed E-state index contributed by atoms with van der Waals surface area (Å²) in [6.45, 7) is 6.54. The van der Waals surface area contributed by atoms with Crippen LogP contribution in [-0.4, -0.2) is 54.2 Å². The van der Waals surface area contributed by atoms with Gasteiger partial charge in [-0.15, -0.1) is 0 Å². The van der Waals surface area contributed by atoms with E-state index >= 15 is 4.39 Å². The van der Waals surface area contributed by atoms with Gasteiger partial charge in [0.05, 0.1) is 16.9 Å². The van der Waals surface area contributed by atoms with E-state index in [1.807, 2.05) is 4.72 Å². The van der Waals surface area contributed by atoms with Gasteiger partial charge in [0, 0.05) is 47.7 Å². The predicted molar refractivity (Wildman–Crippen MR) is 161 cm³/mol. The fourth-order valence-corrected chi connectivity index (χ4v) is 6.44. The first-order valence-electron chi connectivity index (χ1n) is 14.0. The minimum atomic E-state index is -4.58. The molecule has 1 saturated heterocycles. The zero-order chi connectivity index (χ0) is 30.8. The lowest BCUT2D eigenvalue weighted by Crippen LogP contribution is -2.42. The average molecular weight is 615 g/mol. The van der Waals surface area contributed by atoms with Crippen LogP contribution < -0.4 is 20.1 Å². The highest BCUT2D eigenvalue weighted by atomic mass is 32.2. The summed E-state index contributed by atoms with van der Waals surface area (Å²) >= 11 is 0. The number of piperidine rings is 1. The van der Waals surface area contributed by atoms with E-state index in [4.69, 9.17) is 4.74 Å². The van der Waals surface area contributed by atoms with E-state index in [0.29, 0.717) is 28.5 Å².